The highest BCUT2D eigenvalue weighted by Crippen LogP contribution is 2.33. The maximum absolute atomic E-state index is 11.6. The van der Waals surface area contributed by atoms with E-state index in [1.54, 1.807) is 0 Å². The van der Waals surface area contributed by atoms with Crippen LogP contribution in [-0.2, 0) is 6.54 Å². The minimum absolute atomic E-state index is 0.357. The molecule has 6 heteroatoms. The van der Waals surface area contributed by atoms with Gasteiger partial charge in [0.15, 0.2) is 5.58 Å². The maximum atomic E-state index is 11.6. The van der Waals surface area contributed by atoms with Gasteiger partial charge in [-0.05, 0) is 81.3 Å². The Bertz CT molecular complexity index is 1150. The van der Waals surface area contributed by atoms with Crippen LogP contribution in [0, 0.1) is 0 Å². The molecule has 1 saturated carbocycles. The van der Waals surface area contributed by atoms with E-state index in [0.717, 1.165) is 73.8 Å². The van der Waals surface area contributed by atoms with E-state index < -0.39 is 0 Å². The smallest absolute Gasteiger partial charge is 0.417 e. The van der Waals surface area contributed by atoms with Crippen molar-refractivity contribution in [3.8, 4) is 5.75 Å². The number of rotatable bonds is 6. The summed E-state index contributed by atoms with van der Waals surface area (Å²) in [5, 5.41) is 0. The molecule has 0 atom stereocenters. The van der Waals surface area contributed by atoms with E-state index in [9.17, 15) is 4.79 Å². The summed E-state index contributed by atoms with van der Waals surface area (Å²) in [6, 6.07) is 15.6. The molecule has 0 bridgehead atoms. The number of ether oxygens (including phenoxy) is 1. The Morgan fingerprint density at radius 1 is 0.912 bits per heavy atom. The average molecular weight is 462 g/mol. The molecule has 3 heterocycles. The Hall–Kier alpha value is -2.57. The molecule has 3 fully saturated rings. The number of fused-ring (bicyclic) bond motifs is 1. The molecule has 6 rings (SSSR count). The standard InChI is InChI=1S/C28H35N3O3/c32-28-29-26-6-2-5-25(27(26)34-28)21-11-15-30(16-12-21)19-20-7-9-23(10-8-20)33-24-13-17-31(18-14-24)22-3-1-4-22/h2,5-10,21-22,24H,1,3-4,11-19H2,(H,29,32). The lowest BCUT2D eigenvalue weighted by Crippen LogP contribution is -2.46. The lowest BCUT2D eigenvalue weighted by Gasteiger charge is -2.41. The average Bonchev–Trinajstić information content (AvgIpc) is 3.21. The number of hydrogen-bond donors (Lipinski definition) is 1. The van der Waals surface area contributed by atoms with Crippen LogP contribution in [-0.4, -0.2) is 53.1 Å². The third-order valence-corrected chi connectivity index (χ3v) is 8.20. The Morgan fingerprint density at radius 2 is 1.68 bits per heavy atom. The SMILES string of the molecule is O=c1[nH]c2cccc(C3CCN(Cc4ccc(OC5CCN(C6CCC6)CC5)cc4)CC3)c2o1. The first kappa shape index (κ1) is 21.9. The van der Waals surface area contributed by atoms with E-state index in [1.165, 1.54) is 37.9 Å². The molecule has 1 aliphatic carbocycles. The summed E-state index contributed by atoms with van der Waals surface area (Å²) >= 11 is 0. The van der Waals surface area contributed by atoms with Crippen molar-refractivity contribution in [1.29, 1.82) is 0 Å². The van der Waals surface area contributed by atoms with Crippen LogP contribution in [0.4, 0.5) is 0 Å². The van der Waals surface area contributed by atoms with Crippen LogP contribution in [0.15, 0.2) is 51.7 Å². The summed E-state index contributed by atoms with van der Waals surface area (Å²) in [4.78, 5) is 19.6. The molecule has 6 nitrogen and oxygen atoms in total. The van der Waals surface area contributed by atoms with E-state index >= 15 is 0 Å². The molecule has 3 aromatic rings. The van der Waals surface area contributed by atoms with Crippen LogP contribution in [0.25, 0.3) is 11.1 Å². The number of aromatic nitrogens is 1. The number of oxazole rings is 1. The number of aromatic amines is 1. The van der Waals surface area contributed by atoms with Crippen molar-refractivity contribution in [1.82, 2.24) is 14.8 Å². The fourth-order valence-electron chi connectivity index (χ4n) is 5.95. The Kier molecular flexibility index (Phi) is 6.18. The summed E-state index contributed by atoms with van der Waals surface area (Å²) in [7, 11) is 0. The Balaban J connectivity index is 0.989. The van der Waals surface area contributed by atoms with E-state index in [1.807, 2.05) is 12.1 Å². The van der Waals surface area contributed by atoms with Crippen molar-refractivity contribution in [2.24, 2.45) is 0 Å². The summed E-state index contributed by atoms with van der Waals surface area (Å²) < 4.78 is 11.7. The fourth-order valence-corrected chi connectivity index (χ4v) is 5.95. The third kappa shape index (κ3) is 4.66. The molecule has 1 N–H and O–H groups in total. The lowest BCUT2D eigenvalue weighted by molar-refractivity contribution is 0.0493. The number of piperidine rings is 2. The summed E-state index contributed by atoms with van der Waals surface area (Å²) in [6.07, 6.45) is 9.01. The van der Waals surface area contributed by atoms with Gasteiger partial charge in [0.2, 0.25) is 0 Å². The van der Waals surface area contributed by atoms with Crippen molar-refractivity contribution < 1.29 is 9.15 Å². The lowest BCUT2D eigenvalue weighted by atomic mass is 9.89. The minimum atomic E-state index is -0.369. The van der Waals surface area contributed by atoms with Crippen LogP contribution < -0.4 is 10.5 Å². The highest BCUT2D eigenvalue weighted by Gasteiger charge is 2.29. The van der Waals surface area contributed by atoms with Crippen molar-refractivity contribution in [2.75, 3.05) is 26.2 Å². The molecule has 0 radical (unpaired) electrons. The van der Waals surface area contributed by atoms with Crippen LogP contribution in [0.1, 0.15) is 62.0 Å². The fraction of sp³-hybridized carbons (Fsp3) is 0.536. The predicted octanol–water partition coefficient (Wildman–Crippen LogP) is 4.90. The van der Waals surface area contributed by atoms with Crippen LogP contribution in [0.5, 0.6) is 5.75 Å². The Morgan fingerprint density at radius 3 is 2.38 bits per heavy atom. The summed E-state index contributed by atoms with van der Waals surface area (Å²) in [5.41, 5.74) is 4.03. The molecule has 0 amide bonds. The number of benzene rings is 2. The first-order valence-corrected chi connectivity index (χ1v) is 13.0. The first-order valence-electron chi connectivity index (χ1n) is 13.0. The largest absolute Gasteiger partial charge is 0.490 e. The quantitative estimate of drug-likeness (QED) is 0.566. The van der Waals surface area contributed by atoms with Gasteiger partial charge in [-0.2, -0.15) is 0 Å². The van der Waals surface area contributed by atoms with Gasteiger partial charge >= 0.3 is 5.76 Å². The van der Waals surface area contributed by atoms with Gasteiger partial charge in [0, 0.05) is 31.2 Å². The zero-order chi connectivity index (χ0) is 22.9. The van der Waals surface area contributed by atoms with E-state index in [-0.39, 0.29) is 5.76 Å². The van der Waals surface area contributed by atoms with Crippen molar-refractivity contribution in [2.45, 2.75) is 69.6 Å². The molecule has 34 heavy (non-hydrogen) atoms. The second kappa shape index (κ2) is 9.59. The number of nitrogens with one attached hydrogen (secondary N) is 1. The van der Waals surface area contributed by atoms with E-state index in [0.29, 0.717) is 12.0 Å². The molecule has 1 aromatic heterocycles. The van der Waals surface area contributed by atoms with Gasteiger partial charge < -0.3 is 14.1 Å². The number of hydrogen-bond acceptors (Lipinski definition) is 5. The van der Waals surface area contributed by atoms with Crippen molar-refractivity contribution in [3.05, 3.63) is 64.1 Å². The molecule has 180 valence electrons. The van der Waals surface area contributed by atoms with Gasteiger partial charge in [0.1, 0.15) is 11.9 Å². The van der Waals surface area contributed by atoms with Crippen molar-refractivity contribution >= 4 is 11.1 Å². The number of likely N-dealkylation sites (tertiary alicyclic amines) is 2. The number of para-hydroxylation sites is 1. The molecule has 0 spiro atoms. The molecular formula is C28H35N3O3. The van der Waals surface area contributed by atoms with Crippen LogP contribution in [0.2, 0.25) is 0 Å². The van der Waals surface area contributed by atoms with Gasteiger partial charge in [-0.25, -0.2) is 4.79 Å². The normalized spacial score (nSPS) is 21.6. The van der Waals surface area contributed by atoms with Crippen LogP contribution >= 0.6 is 0 Å². The van der Waals surface area contributed by atoms with Gasteiger partial charge in [0.25, 0.3) is 0 Å². The molecule has 3 aliphatic rings. The van der Waals surface area contributed by atoms with E-state index in [4.69, 9.17) is 9.15 Å². The summed E-state index contributed by atoms with van der Waals surface area (Å²) in [5.74, 6) is 1.07. The predicted molar refractivity (Wildman–Crippen MR) is 133 cm³/mol. The summed E-state index contributed by atoms with van der Waals surface area (Å²) in [6.45, 7) is 5.44. The minimum Gasteiger partial charge on any atom is -0.490 e. The van der Waals surface area contributed by atoms with Crippen molar-refractivity contribution in [3.63, 3.8) is 0 Å². The third-order valence-electron chi connectivity index (χ3n) is 8.20. The van der Waals surface area contributed by atoms with Gasteiger partial charge in [-0.3, -0.25) is 9.88 Å². The van der Waals surface area contributed by atoms with Gasteiger partial charge in [0.05, 0.1) is 5.52 Å². The molecule has 2 saturated heterocycles. The second-order valence-electron chi connectivity index (χ2n) is 10.4. The topological polar surface area (TPSA) is 61.7 Å². The zero-order valence-electron chi connectivity index (χ0n) is 19.9. The van der Waals surface area contributed by atoms with Crippen LogP contribution in [0.3, 0.4) is 0 Å². The monoisotopic (exact) mass is 461 g/mol. The van der Waals surface area contributed by atoms with Gasteiger partial charge in [-0.15, -0.1) is 0 Å². The second-order valence-corrected chi connectivity index (χ2v) is 10.4. The number of H-pyrrole nitrogens is 1. The van der Waals surface area contributed by atoms with E-state index in [2.05, 4.69) is 45.1 Å². The molecule has 0 unspecified atom stereocenters. The Labute approximate surface area is 200 Å². The molecule has 2 aromatic carbocycles. The van der Waals surface area contributed by atoms with Gasteiger partial charge in [-0.1, -0.05) is 30.7 Å². The molecule has 2 aliphatic heterocycles. The number of nitrogens with zero attached hydrogens (tertiary/aromatic N) is 2. The highest BCUT2D eigenvalue weighted by atomic mass is 16.5. The zero-order valence-corrected chi connectivity index (χ0v) is 19.9. The highest BCUT2D eigenvalue weighted by molar-refractivity contribution is 5.76. The maximum Gasteiger partial charge on any atom is 0.417 e. The first-order chi connectivity index (χ1) is 16.7. The molecular weight excluding hydrogens is 426 g/mol.